The predicted octanol–water partition coefficient (Wildman–Crippen LogP) is 1.96. The minimum absolute atomic E-state index is 0.0238. The summed E-state index contributed by atoms with van der Waals surface area (Å²) in [5.74, 6) is -1.55. The van der Waals surface area contributed by atoms with E-state index in [9.17, 15) is 32.9 Å². The number of nitrogens with zero attached hydrogens (tertiary/aromatic N) is 2. The first kappa shape index (κ1) is 17.5. The van der Waals surface area contributed by atoms with Crippen molar-refractivity contribution in [1.82, 2.24) is 9.88 Å². The zero-order chi connectivity index (χ0) is 17.9. The maximum atomic E-state index is 12.0. The minimum atomic E-state index is -4.48. The molecule has 0 aliphatic rings. The third-order valence-corrected chi connectivity index (χ3v) is 3.13. The Balaban J connectivity index is 2.00. The number of benzene rings is 1. The summed E-state index contributed by atoms with van der Waals surface area (Å²) in [6.07, 6.45) is -4.58. The third-order valence-electron chi connectivity index (χ3n) is 3.13. The van der Waals surface area contributed by atoms with Crippen molar-refractivity contribution in [3.8, 4) is 0 Å². The monoisotopic (exact) mass is 347 g/mol. The van der Waals surface area contributed by atoms with E-state index in [2.05, 4.69) is 0 Å². The molecule has 1 amide bonds. The summed E-state index contributed by atoms with van der Waals surface area (Å²) in [6.45, 7) is -1.38. The van der Waals surface area contributed by atoms with Crippen LogP contribution in [-0.4, -0.2) is 28.1 Å². The SMILES string of the molecule is O=C(CCCn1c(=O)oc2cc([N+](=O)[O-])ccc21)NCC(F)(F)F. The average molecular weight is 347 g/mol. The summed E-state index contributed by atoms with van der Waals surface area (Å²) < 4.78 is 41.9. The molecule has 0 radical (unpaired) electrons. The highest BCUT2D eigenvalue weighted by Crippen LogP contribution is 2.20. The van der Waals surface area contributed by atoms with Crippen LogP contribution < -0.4 is 11.1 Å². The number of aryl methyl sites for hydroxylation is 1. The van der Waals surface area contributed by atoms with Crippen LogP contribution in [0.3, 0.4) is 0 Å². The van der Waals surface area contributed by atoms with Crippen LogP contribution in [0, 0.1) is 10.1 Å². The van der Waals surface area contributed by atoms with E-state index in [1.165, 1.54) is 12.1 Å². The number of rotatable bonds is 6. The maximum absolute atomic E-state index is 12.0. The maximum Gasteiger partial charge on any atom is 0.419 e. The Labute approximate surface area is 132 Å². The normalized spacial score (nSPS) is 11.6. The number of nitrogens with one attached hydrogen (secondary N) is 1. The fourth-order valence-corrected chi connectivity index (χ4v) is 2.07. The molecule has 2 rings (SSSR count). The number of nitro groups is 1. The highest BCUT2D eigenvalue weighted by atomic mass is 19.4. The van der Waals surface area contributed by atoms with Crippen LogP contribution in [0.5, 0.6) is 0 Å². The number of amides is 1. The minimum Gasteiger partial charge on any atom is -0.407 e. The number of alkyl halides is 3. The van der Waals surface area contributed by atoms with Crippen molar-refractivity contribution in [3.05, 3.63) is 38.9 Å². The third kappa shape index (κ3) is 4.33. The highest BCUT2D eigenvalue weighted by Gasteiger charge is 2.27. The summed E-state index contributed by atoms with van der Waals surface area (Å²) in [7, 11) is 0. The van der Waals surface area contributed by atoms with Crippen molar-refractivity contribution in [2.45, 2.75) is 25.6 Å². The smallest absolute Gasteiger partial charge is 0.407 e. The second-order valence-corrected chi connectivity index (χ2v) is 4.92. The Morgan fingerprint density at radius 1 is 1.38 bits per heavy atom. The number of aromatic nitrogens is 1. The lowest BCUT2D eigenvalue weighted by Crippen LogP contribution is -2.33. The van der Waals surface area contributed by atoms with E-state index in [1.54, 1.807) is 5.32 Å². The second-order valence-electron chi connectivity index (χ2n) is 4.92. The number of halogens is 3. The van der Waals surface area contributed by atoms with E-state index in [0.717, 1.165) is 10.6 Å². The van der Waals surface area contributed by atoms with Gasteiger partial charge in [0.25, 0.3) is 5.69 Å². The molecule has 0 aliphatic carbocycles. The Kier molecular flexibility index (Phi) is 4.90. The molecule has 11 heteroatoms. The van der Waals surface area contributed by atoms with Gasteiger partial charge in [0, 0.05) is 19.0 Å². The number of carbonyl (C=O) groups is 1. The molecule has 24 heavy (non-hydrogen) atoms. The van der Waals surface area contributed by atoms with Crippen LogP contribution in [0.4, 0.5) is 18.9 Å². The van der Waals surface area contributed by atoms with Crippen LogP contribution in [0.25, 0.3) is 11.1 Å². The predicted molar refractivity (Wildman–Crippen MR) is 75.4 cm³/mol. The molecular formula is C13H12F3N3O5. The standard InChI is InChI=1S/C13H12F3N3O5/c14-13(15,16)7-17-11(20)2-1-5-18-9-4-3-8(19(22)23)6-10(9)24-12(18)21/h3-4,6H,1-2,5,7H2,(H,17,20). The van der Waals surface area contributed by atoms with Gasteiger partial charge in [-0.1, -0.05) is 0 Å². The first-order valence-electron chi connectivity index (χ1n) is 6.78. The second kappa shape index (κ2) is 6.72. The van der Waals surface area contributed by atoms with Gasteiger partial charge in [0.1, 0.15) is 6.54 Å². The number of hydrogen-bond acceptors (Lipinski definition) is 5. The topological polar surface area (TPSA) is 107 Å². The molecule has 0 saturated heterocycles. The van der Waals surface area contributed by atoms with Gasteiger partial charge in [-0.05, 0) is 12.5 Å². The summed E-state index contributed by atoms with van der Waals surface area (Å²) in [6, 6.07) is 3.63. The molecule has 2 aromatic rings. The first-order chi connectivity index (χ1) is 11.2. The van der Waals surface area contributed by atoms with Crippen LogP contribution in [0.2, 0.25) is 0 Å². The van der Waals surface area contributed by atoms with E-state index in [4.69, 9.17) is 4.42 Å². The molecule has 0 atom stereocenters. The Morgan fingerprint density at radius 3 is 2.71 bits per heavy atom. The van der Waals surface area contributed by atoms with Crippen molar-refractivity contribution in [2.75, 3.05) is 6.54 Å². The van der Waals surface area contributed by atoms with Crippen LogP contribution in [0.1, 0.15) is 12.8 Å². The molecule has 0 bridgehead atoms. The Bertz CT molecular complexity index is 824. The molecule has 1 heterocycles. The van der Waals surface area contributed by atoms with Crippen molar-refractivity contribution >= 4 is 22.7 Å². The molecule has 8 nitrogen and oxygen atoms in total. The molecule has 130 valence electrons. The van der Waals surface area contributed by atoms with Crippen LogP contribution in [0.15, 0.2) is 27.4 Å². The summed E-state index contributed by atoms with van der Waals surface area (Å²) in [5.41, 5.74) is 0.0898. The van der Waals surface area contributed by atoms with Gasteiger partial charge in [0.05, 0.1) is 16.5 Å². The highest BCUT2D eigenvalue weighted by molar-refractivity contribution is 5.76. The molecule has 0 saturated carbocycles. The van der Waals surface area contributed by atoms with Crippen molar-refractivity contribution in [2.24, 2.45) is 0 Å². The van der Waals surface area contributed by atoms with E-state index in [-0.39, 0.29) is 30.7 Å². The van der Waals surface area contributed by atoms with Gasteiger partial charge < -0.3 is 9.73 Å². The number of fused-ring (bicyclic) bond motifs is 1. The number of oxazole rings is 1. The fraction of sp³-hybridized carbons (Fsp3) is 0.385. The number of non-ortho nitro benzene ring substituents is 1. The van der Waals surface area contributed by atoms with Crippen molar-refractivity contribution in [1.29, 1.82) is 0 Å². The lowest BCUT2D eigenvalue weighted by Gasteiger charge is -2.08. The van der Waals surface area contributed by atoms with Crippen LogP contribution in [-0.2, 0) is 11.3 Å². The Hall–Kier alpha value is -2.85. The first-order valence-corrected chi connectivity index (χ1v) is 6.78. The number of nitro benzene ring substituents is 1. The summed E-state index contributed by atoms with van der Waals surface area (Å²) >= 11 is 0. The van der Waals surface area contributed by atoms with Gasteiger partial charge in [0.2, 0.25) is 5.91 Å². The van der Waals surface area contributed by atoms with E-state index < -0.39 is 29.3 Å². The zero-order valence-corrected chi connectivity index (χ0v) is 12.1. The molecule has 1 aromatic carbocycles. The average Bonchev–Trinajstić information content (AvgIpc) is 2.79. The van der Waals surface area contributed by atoms with Crippen LogP contribution >= 0.6 is 0 Å². The lowest BCUT2D eigenvalue weighted by atomic mass is 10.2. The van der Waals surface area contributed by atoms with E-state index in [1.807, 2.05) is 0 Å². The van der Waals surface area contributed by atoms with Gasteiger partial charge in [-0.2, -0.15) is 13.2 Å². The van der Waals surface area contributed by atoms with E-state index in [0.29, 0.717) is 5.52 Å². The Morgan fingerprint density at radius 2 is 2.08 bits per heavy atom. The quantitative estimate of drug-likeness (QED) is 0.635. The van der Waals surface area contributed by atoms with Gasteiger partial charge >= 0.3 is 11.9 Å². The largest absolute Gasteiger partial charge is 0.419 e. The molecule has 0 spiro atoms. The fourth-order valence-electron chi connectivity index (χ4n) is 2.07. The molecule has 0 fully saturated rings. The molecule has 1 aromatic heterocycles. The van der Waals surface area contributed by atoms with Gasteiger partial charge in [-0.3, -0.25) is 19.5 Å². The molecule has 0 unspecified atom stereocenters. The lowest BCUT2D eigenvalue weighted by molar-refractivity contribution is -0.384. The van der Waals surface area contributed by atoms with Gasteiger partial charge in [0.15, 0.2) is 5.58 Å². The van der Waals surface area contributed by atoms with Gasteiger partial charge in [-0.15, -0.1) is 0 Å². The van der Waals surface area contributed by atoms with Gasteiger partial charge in [-0.25, -0.2) is 4.79 Å². The van der Waals surface area contributed by atoms with Crippen molar-refractivity contribution in [3.63, 3.8) is 0 Å². The number of carbonyl (C=O) groups excluding carboxylic acids is 1. The van der Waals surface area contributed by atoms with E-state index >= 15 is 0 Å². The summed E-state index contributed by atoms with van der Waals surface area (Å²) in [5, 5.41) is 12.4. The molecular weight excluding hydrogens is 335 g/mol. The summed E-state index contributed by atoms with van der Waals surface area (Å²) in [4.78, 5) is 33.1. The molecule has 1 N–H and O–H groups in total. The zero-order valence-electron chi connectivity index (χ0n) is 12.1. The van der Waals surface area contributed by atoms with Crippen molar-refractivity contribution < 1.29 is 27.3 Å². The molecule has 0 aliphatic heterocycles. The number of hydrogen-bond donors (Lipinski definition) is 1.